The number of piperazine rings is 1. The summed E-state index contributed by atoms with van der Waals surface area (Å²) in [5, 5.41) is 0. The largest absolute Gasteiger partial charge is 0.342 e. The van der Waals surface area contributed by atoms with Gasteiger partial charge in [0.15, 0.2) is 0 Å². The maximum Gasteiger partial charge on any atom is 0.236 e. The molecule has 1 amide bonds. The van der Waals surface area contributed by atoms with Gasteiger partial charge in [-0.25, -0.2) is 9.97 Å². The third kappa shape index (κ3) is 4.36. The van der Waals surface area contributed by atoms with E-state index in [1.54, 1.807) is 18.7 Å². The minimum atomic E-state index is 0.264. The minimum absolute atomic E-state index is 0.264. The summed E-state index contributed by atoms with van der Waals surface area (Å²) in [5.41, 5.74) is 3.26. The molecule has 0 saturated carbocycles. The highest BCUT2D eigenvalue weighted by molar-refractivity contribution is 5.78. The zero-order valence-electron chi connectivity index (χ0n) is 16.5. The van der Waals surface area contributed by atoms with E-state index in [2.05, 4.69) is 31.8 Å². The summed E-state index contributed by atoms with van der Waals surface area (Å²) < 4.78 is 0. The summed E-state index contributed by atoms with van der Waals surface area (Å²) in [6, 6.07) is 3.99. The van der Waals surface area contributed by atoms with E-state index in [9.17, 15) is 4.79 Å². The summed E-state index contributed by atoms with van der Waals surface area (Å²) in [7, 11) is 2.14. The van der Waals surface area contributed by atoms with Crippen LogP contribution in [0.25, 0.3) is 11.1 Å². The van der Waals surface area contributed by atoms with E-state index in [-0.39, 0.29) is 5.91 Å². The maximum atomic E-state index is 12.7. The molecule has 0 spiro atoms. The number of amides is 1. The molecule has 0 unspecified atom stereocenters. The van der Waals surface area contributed by atoms with Crippen LogP contribution in [0.15, 0.2) is 37.1 Å². The minimum Gasteiger partial charge on any atom is -0.342 e. The normalized spacial score (nSPS) is 19.7. The first-order valence-electron chi connectivity index (χ1n) is 10.1. The van der Waals surface area contributed by atoms with Crippen molar-refractivity contribution in [3.05, 3.63) is 42.7 Å². The lowest BCUT2D eigenvalue weighted by Crippen LogP contribution is -2.50. The van der Waals surface area contributed by atoms with Crippen LogP contribution in [0.1, 0.15) is 24.5 Å². The third-order valence-electron chi connectivity index (χ3n) is 5.92. The SMILES string of the molecule is CN1CCN(CC(=O)N2CCC(c3ncncc3-c3ccncc3)CC2)CC1. The molecule has 148 valence electrons. The highest BCUT2D eigenvalue weighted by Gasteiger charge is 2.27. The summed E-state index contributed by atoms with van der Waals surface area (Å²) in [4.78, 5) is 32.3. The van der Waals surface area contributed by atoms with Crippen LogP contribution in [0, 0.1) is 0 Å². The van der Waals surface area contributed by atoms with E-state index >= 15 is 0 Å². The first-order chi connectivity index (χ1) is 13.7. The summed E-state index contributed by atoms with van der Waals surface area (Å²) >= 11 is 0. The predicted molar refractivity (Wildman–Crippen MR) is 108 cm³/mol. The summed E-state index contributed by atoms with van der Waals surface area (Å²) in [6.07, 6.45) is 9.01. The average Bonchev–Trinajstić information content (AvgIpc) is 2.76. The van der Waals surface area contributed by atoms with E-state index < -0.39 is 0 Å². The molecule has 2 aliphatic heterocycles. The fourth-order valence-electron chi connectivity index (χ4n) is 4.12. The van der Waals surface area contributed by atoms with Crippen molar-refractivity contribution in [2.45, 2.75) is 18.8 Å². The molecule has 4 heterocycles. The lowest BCUT2D eigenvalue weighted by molar-refractivity contribution is -0.133. The van der Waals surface area contributed by atoms with Crippen molar-refractivity contribution in [3.8, 4) is 11.1 Å². The Kier molecular flexibility index (Phi) is 5.92. The summed E-state index contributed by atoms with van der Waals surface area (Å²) in [5.74, 6) is 0.624. The van der Waals surface area contributed by atoms with Gasteiger partial charge in [-0.1, -0.05) is 0 Å². The molecule has 28 heavy (non-hydrogen) atoms. The van der Waals surface area contributed by atoms with E-state index in [1.165, 1.54) is 0 Å². The second-order valence-corrected chi connectivity index (χ2v) is 7.79. The number of hydrogen-bond donors (Lipinski definition) is 0. The molecule has 0 aliphatic carbocycles. The molecule has 2 aromatic heterocycles. The van der Waals surface area contributed by atoms with Gasteiger partial charge in [-0.2, -0.15) is 0 Å². The zero-order chi connectivity index (χ0) is 19.3. The molecule has 7 heteroatoms. The Labute approximate surface area is 166 Å². The van der Waals surface area contributed by atoms with Gasteiger partial charge >= 0.3 is 0 Å². The fraction of sp³-hybridized carbons (Fsp3) is 0.524. The van der Waals surface area contributed by atoms with Crippen LogP contribution in [-0.4, -0.2) is 88.4 Å². The number of rotatable bonds is 4. The van der Waals surface area contributed by atoms with E-state index in [4.69, 9.17) is 0 Å². The standard InChI is InChI=1S/C21H28N6O/c1-25-10-12-26(13-11-25)15-20(28)27-8-4-18(5-9-27)21-19(14-23-16-24-21)17-2-6-22-7-3-17/h2-3,6-7,14,16,18H,4-5,8-13,15H2,1H3. The van der Waals surface area contributed by atoms with Crippen molar-refractivity contribution in [1.29, 1.82) is 0 Å². The Hall–Kier alpha value is -2.38. The number of aromatic nitrogens is 3. The molecule has 2 aromatic rings. The highest BCUT2D eigenvalue weighted by Crippen LogP contribution is 2.33. The number of carbonyl (C=O) groups is 1. The van der Waals surface area contributed by atoms with E-state index in [1.807, 2.05) is 23.2 Å². The van der Waals surface area contributed by atoms with Crippen LogP contribution in [0.5, 0.6) is 0 Å². The number of nitrogens with zero attached hydrogens (tertiary/aromatic N) is 6. The molecule has 0 radical (unpaired) electrons. The van der Waals surface area contributed by atoms with Crippen molar-refractivity contribution in [2.75, 3.05) is 52.9 Å². The van der Waals surface area contributed by atoms with Crippen LogP contribution in [0.2, 0.25) is 0 Å². The molecule has 0 N–H and O–H groups in total. The monoisotopic (exact) mass is 380 g/mol. The smallest absolute Gasteiger partial charge is 0.236 e. The third-order valence-corrected chi connectivity index (χ3v) is 5.92. The molecule has 2 aliphatic rings. The molecule has 0 aromatic carbocycles. The van der Waals surface area contributed by atoms with Crippen LogP contribution >= 0.6 is 0 Å². The number of carbonyl (C=O) groups excluding carboxylic acids is 1. The van der Waals surface area contributed by atoms with Crippen molar-refractivity contribution < 1.29 is 4.79 Å². The van der Waals surface area contributed by atoms with Gasteiger partial charge in [0, 0.05) is 69.3 Å². The Balaban J connectivity index is 1.36. The Morgan fingerprint density at radius 1 is 1.04 bits per heavy atom. The lowest BCUT2D eigenvalue weighted by Gasteiger charge is -2.36. The van der Waals surface area contributed by atoms with Gasteiger partial charge in [-0.05, 0) is 37.6 Å². The van der Waals surface area contributed by atoms with Gasteiger partial charge in [0.05, 0.1) is 12.2 Å². The van der Waals surface area contributed by atoms with Crippen LogP contribution in [-0.2, 0) is 4.79 Å². The molecular formula is C21H28N6O. The van der Waals surface area contributed by atoms with Crippen LogP contribution in [0.3, 0.4) is 0 Å². The number of pyridine rings is 1. The van der Waals surface area contributed by atoms with Crippen molar-refractivity contribution in [1.82, 2.24) is 29.7 Å². The van der Waals surface area contributed by atoms with Crippen molar-refractivity contribution >= 4 is 5.91 Å². The van der Waals surface area contributed by atoms with Gasteiger partial charge in [0.1, 0.15) is 6.33 Å². The lowest BCUT2D eigenvalue weighted by atomic mass is 9.89. The number of likely N-dealkylation sites (N-methyl/N-ethyl adjacent to an activating group) is 1. The topological polar surface area (TPSA) is 65.5 Å². The molecule has 7 nitrogen and oxygen atoms in total. The van der Waals surface area contributed by atoms with Crippen molar-refractivity contribution in [2.24, 2.45) is 0 Å². The first-order valence-corrected chi connectivity index (χ1v) is 10.1. The van der Waals surface area contributed by atoms with Crippen molar-refractivity contribution in [3.63, 3.8) is 0 Å². The fourth-order valence-corrected chi connectivity index (χ4v) is 4.12. The molecule has 0 bridgehead atoms. The van der Waals surface area contributed by atoms with Gasteiger partial charge in [0.25, 0.3) is 0 Å². The number of likely N-dealkylation sites (tertiary alicyclic amines) is 1. The Morgan fingerprint density at radius 3 is 2.46 bits per heavy atom. The van der Waals surface area contributed by atoms with Gasteiger partial charge in [0.2, 0.25) is 5.91 Å². The highest BCUT2D eigenvalue weighted by atomic mass is 16.2. The Morgan fingerprint density at radius 2 is 1.75 bits per heavy atom. The van der Waals surface area contributed by atoms with E-state index in [0.29, 0.717) is 12.5 Å². The number of piperidine rings is 1. The zero-order valence-corrected chi connectivity index (χ0v) is 16.5. The molecule has 0 atom stereocenters. The second kappa shape index (κ2) is 8.75. The molecular weight excluding hydrogens is 352 g/mol. The quantitative estimate of drug-likeness (QED) is 0.801. The predicted octanol–water partition coefficient (Wildman–Crippen LogP) is 1.49. The number of hydrogen-bond acceptors (Lipinski definition) is 6. The molecule has 2 saturated heterocycles. The van der Waals surface area contributed by atoms with Gasteiger partial charge < -0.3 is 9.80 Å². The van der Waals surface area contributed by atoms with E-state index in [0.717, 1.165) is 68.9 Å². The van der Waals surface area contributed by atoms with Crippen LogP contribution < -0.4 is 0 Å². The van der Waals surface area contributed by atoms with Gasteiger partial charge in [-0.3, -0.25) is 14.7 Å². The molecule has 4 rings (SSSR count). The average molecular weight is 380 g/mol. The van der Waals surface area contributed by atoms with Gasteiger partial charge in [-0.15, -0.1) is 0 Å². The summed E-state index contributed by atoms with van der Waals surface area (Å²) in [6.45, 7) is 6.20. The first kappa shape index (κ1) is 19.0. The van der Waals surface area contributed by atoms with Crippen LogP contribution in [0.4, 0.5) is 0 Å². The maximum absolute atomic E-state index is 12.7. The second-order valence-electron chi connectivity index (χ2n) is 7.79. The molecule has 2 fully saturated rings. The Bertz CT molecular complexity index is 782.